The van der Waals surface area contributed by atoms with Crippen molar-refractivity contribution in [3.8, 4) is 5.75 Å². The Bertz CT molecular complexity index is 589. The Morgan fingerprint density at radius 3 is 2.67 bits per heavy atom. The average Bonchev–Trinajstić information content (AvgIpc) is 2.60. The molecule has 0 unspecified atom stereocenters. The van der Waals surface area contributed by atoms with Crippen LogP contribution in [0, 0.1) is 0 Å². The second-order valence-electron chi connectivity index (χ2n) is 5.38. The molecule has 1 aliphatic rings. The summed E-state index contributed by atoms with van der Waals surface area (Å²) in [7, 11) is 1.52. The number of methoxy groups -OCH3 is 1. The van der Waals surface area contributed by atoms with Crippen LogP contribution >= 0.6 is 23.2 Å². The zero-order valence-electron chi connectivity index (χ0n) is 13.4. The number of amides is 2. The summed E-state index contributed by atoms with van der Waals surface area (Å²) in [6.07, 6.45) is 0.840. The molecule has 1 fully saturated rings. The van der Waals surface area contributed by atoms with Gasteiger partial charge in [0.1, 0.15) is 12.4 Å². The molecule has 0 spiro atoms. The number of alkyl carbamates (subject to hydrolysis) is 1. The summed E-state index contributed by atoms with van der Waals surface area (Å²) in [4.78, 5) is 25.9. The van der Waals surface area contributed by atoms with E-state index in [9.17, 15) is 9.59 Å². The van der Waals surface area contributed by atoms with Crippen LogP contribution in [0.2, 0.25) is 5.02 Å². The summed E-state index contributed by atoms with van der Waals surface area (Å²) in [5.41, 5.74) is 0.443. The quantitative estimate of drug-likeness (QED) is 0.804. The zero-order chi connectivity index (χ0) is 17.5. The summed E-state index contributed by atoms with van der Waals surface area (Å²) < 4.78 is 10.1. The highest BCUT2D eigenvalue weighted by atomic mass is 35.5. The maximum absolute atomic E-state index is 12.7. The van der Waals surface area contributed by atoms with Crippen molar-refractivity contribution in [2.24, 2.45) is 0 Å². The number of carbonyl (C=O) groups excluding carboxylic acids is 2. The van der Waals surface area contributed by atoms with Crippen molar-refractivity contribution in [3.05, 3.63) is 28.8 Å². The lowest BCUT2D eigenvalue weighted by Gasteiger charge is -2.32. The van der Waals surface area contributed by atoms with Crippen LogP contribution in [0.5, 0.6) is 5.75 Å². The minimum atomic E-state index is -0.475. The molecule has 0 radical (unpaired) electrons. The SMILES string of the molecule is COc1ccc(Cl)cc1C(=O)N1CCC(NC(=O)OCCCl)CC1. The third kappa shape index (κ3) is 4.92. The van der Waals surface area contributed by atoms with Crippen LogP contribution in [-0.4, -0.2) is 55.6 Å². The average molecular weight is 375 g/mol. The molecular weight excluding hydrogens is 355 g/mol. The van der Waals surface area contributed by atoms with E-state index in [2.05, 4.69) is 5.32 Å². The number of rotatable bonds is 5. The number of likely N-dealkylation sites (tertiary alicyclic amines) is 1. The number of halogens is 2. The number of carbonyl (C=O) groups is 2. The first kappa shape index (κ1) is 18.7. The molecule has 0 atom stereocenters. The van der Waals surface area contributed by atoms with Gasteiger partial charge in [0.2, 0.25) is 0 Å². The van der Waals surface area contributed by atoms with Gasteiger partial charge < -0.3 is 19.7 Å². The van der Waals surface area contributed by atoms with Crippen molar-refractivity contribution in [1.29, 1.82) is 0 Å². The number of nitrogens with zero attached hydrogens (tertiary/aromatic N) is 1. The molecule has 0 bridgehead atoms. The number of nitrogens with one attached hydrogen (secondary N) is 1. The Labute approximate surface area is 151 Å². The molecule has 0 aliphatic carbocycles. The Morgan fingerprint density at radius 1 is 1.33 bits per heavy atom. The standard InChI is InChI=1S/C16H20Cl2N2O4/c1-23-14-3-2-11(18)10-13(14)15(21)20-7-4-12(5-8-20)19-16(22)24-9-6-17/h2-3,10,12H,4-9H2,1H3,(H,19,22). The first-order valence-corrected chi connectivity index (χ1v) is 8.58. The maximum atomic E-state index is 12.7. The monoisotopic (exact) mass is 374 g/mol. The second-order valence-corrected chi connectivity index (χ2v) is 6.19. The minimum absolute atomic E-state index is 0.0156. The fraction of sp³-hybridized carbons (Fsp3) is 0.500. The van der Waals surface area contributed by atoms with E-state index in [0.29, 0.717) is 42.3 Å². The molecule has 1 aromatic rings. The normalized spacial score (nSPS) is 15.0. The van der Waals surface area contributed by atoms with Crippen LogP contribution in [0.25, 0.3) is 0 Å². The van der Waals surface area contributed by atoms with Gasteiger partial charge in [0.05, 0.1) is 18.6 Å². The van der Waals surface area contributed by atoms with Gasteiger partial charge in [-0.05, 0) is 31.0 Å². The fourth-order valence-corrected chi connectivity index (χ4v) is 2.83. The van der Waals surface area contributed by atoms with Crippen LogP contribution in [0.4, 0.5) is 4.79 Å². The molecule has 132 valence electrons. The summed E-state index contributed by atoms with van der Waals surface area (Å²) in [5, 5.41) is 3.27. The molecule has 1 saturated heterocycles. The molecule has 1 N–H and O–H groups in total. The molecule has 6 nitrogen and oxygen atoms in total. The van der Waals surface area contributed by atoms with Crippen LogP contribution in [0.1, 0.15) is 23.2 Å². The topological polar surface area (TPSA) is 67.9 Å². The van der Waals surface area contributed by atoms with Crippen molar-refractivity contribution in [1.82, 2.24) is 10.2 Å². The molecule has 1 aliphatic heterocycles. The number of alkyl halides is 1. The van der Waals surface area contributed by atoms with E-state index in [0.717, 1.165) is 0 Å². The van der Waals surface area contributed by atoms with Gasteiger partial charge in [-0.2, -0.15) is 0 Å². The molecule has 0 aromatic heterocycles. The van der Waals surface area contributed by atoms with E-state index in [4.69, 9.17) is 32.7 Å². The first-order valence-electron chi connectivity index (χ1n) is 7.67. The third-order valence-electron chi connectivity index (χ3n) is 3.81. The van der Waals surface area contributed by atoms with Gasteiger partial charge in [0.25, 0.3) is 5.91 Å². The Hall–Kier alpha value is -1.66. The molecule has 0 saturated carbocycles. The largest absolute Gasteiger partial charge is 0.496 e. The van der Waals surface area contributed by atoms with Crippen LogP contribution in [-0.2, 0) is 4.74 Å². The highest BCUT2D eigenvalue weighted by molar-refractivity contribution is 6.31. The van der Waals surface area contributed by atoms with Crippen molar-refractivity contribution < 1.29 is 19.1 Å². The van der Waals surface area contributed by atoms with E-state index in [1.165, 1.54) is 7.11 Å². The van der Waals surface area contributed by atoms with Gasteiger partial charge in [-0.15, -0.1) is 11.6 Å². The summed E-state index contributed by atoms with van der Waals surface area (Å²) in [6.45, 7) is 1.25. The van der Waals surface area contributed by atoms with Crippen molar-refractivity contribution in [2.75, 3.05) is 32.7 Å². The van der Waals surface area contributed by atoms with E-state index in [-0.39, 0.29) is 24.4 Å². The number of hydrogen-bond donors (Lipinski definition) is 1. The van der Waals surface area contributed by atoms with Crippen molar-refractivity contribution in [2.45, 2.75) is 18.9 Å². The molecule has 24 heavy (non-hydrogen) atoms. The highest BCUT2D eigenvalue weighted by Gasteiger charge is 2.26. The van der Waals surface area contributed by atoms with E-state index < -0.39 is 6.09 Å². The Kier molecular flexibility index (Phi) is 6.99. The second kappa shape index (κ2) is 8.99. The van der Waals surface area contributed by atoms with Crippen LogP contribution in [0.15, 0.2) is 18.2 Å². The smallest absolute Gasteiger partial charge is 0.407 e. The number of ether oxygens (including phenoxy) is 2. The van der Waals surface area contributed by atoms with Gasteiger partial charge in [-0.3, -0.25) is 4.79 Å². The van der Waals surface area contributed by atoms with E-state index in [1.54, 1.807) is 23.1 Å². The fourth-order valence-electron chi connectivity index (χ4n) is 2.58. The van der Waals surface area contributed by atoms with E-state index in [1.807, 2.05) is 0 Å². The molecule has 1 heterocycles. The summed E-state index contributed by atoms with van der Waals surface area (Å²) >= 11 is 11.4. The maximum Gasteiger partial charge on any atom is 0.407 e. The van der Waals surface area contributed by atoms with Gasteiger partial charge in [-0.1, -0.05) is 11.6 Å². The van der Waals surface area contributed by atoms with E-state index >= 15 is 0 Å². The summed E-state index contributed by atoms with van der Waals surface area (Å²) in [6, 6.07) is 4.95. The molecular formula is C16H20Cl2N2O4. The predicted octanol–water partition coefficient (Wildman–Crippen LogP) is 2.92. The van der Waals surface area contributed by atoms with Gasteiger partial charge in [0.15, 0.2) is 0 Å². The molecule has 2 rings (SSSR count). The molecule has 8 heteroatoms. The number of hydrogen-bond acceptors (Lipinski definition) is 4. The molecule has 1 aromatic carbocycles. The van der Waals surface area contributed by atoms with Gasteiger partial charge >= 0.3 is 6.09 Å². The predicted molar refractivity (Wildman–Crippen MR) is 92.1 cm³/mol. The van der Waals surface area contributed by atoms with Gasteiger partial charge in [0, 0.05) is 24.2 Å². The van der Waals surface area contributed by atoms with Crippen molar-refractivity contribution >= 4 is 35.2 Å². The lowest BCUT2D eigenvalue weighted by atomic mass is 10.0. The highest BCUT2D eigenvalue weighted by Crippen LogP contribution is 2.25. The molecule has 2 amide bonds. The van der Waals surface area contributed by atoms with Gasteiger partial charge in [-0.25, -0.2) is 4.79 Å². The van der Waals surface area contributed by atoms with Crippen LogP contribution in [0.3, 0.4) is 0 Å². The lowest BCUT2D eigenvalue weighted by Crippen LogP contribution is -2.46. The Balaban J connectivity index is 1.91. The first-order chi connectivity index (χ1) is 11.5. The Morgan fingerprint density at radius 2 is 2.04 bits per heavy atom. The lowest BCUT2D eigenvalue weighted by molar-refractivity contribution is 0.0699. The zero-order valence-corrected chi connectivity index (χ0v) is 14.9. The number of piperidine rings is 1. The number of benzene rings is 1. The van der Waals surface area contributed by atoms with Crippen molar-refractivity contribution in [3.63, 3.8) is 0 Å². The van der Waals surface area contributed by atoms with Crippen LogP contribution < -0.4 is 10.1 Å². The summed E-state index contributed by atoms with van der Waals surface area (Å²) in [5.74, 6) is 0.633. The third-order valence-corrected chi connectivity index (χ3v) is 4.20. The minimum Gasteiger partial charge on any atom is -0.496 e.